The van der Waals surface area contributed by atoms with E-state index in [1.54, 1.807) is 18.2 Å². The zero-order valence-corrected chi connectivity index (χ0v) is 16.3. The lowest BCUT2D eigenvalue weighted by Crippen LogP contribution is -2.06. The number of carboxylic acid groups (broad SMARTS) is 2. The summed E-state index contributed by atoms with van der Waals surface area (Å²) in [6, 6.07) is 16.7. The molecule has 5 rings (SSSR count). The molecule has 0 radical (unpaired) electrons. The van der Waals surface area contributed by atoms with E-state index in [1.807, 2.05) is 6.07 Å². The van der Waals surface area contributed by atoms with Crippen molar-refractivity contribution in [2.75, 3.05) is 0 Å². The quantitative estimate of drug-likeness (QED) is 0.279. The second-order valence-corrected chi connectivity index (χ2v) is 7.33. The zero-order valence-electron chi connectivity index (χ0n) is 16.3. The third-order valence-corrected chi connectivity index (χ3v) is 5.43. The number of phenols is 1. The summed E-state index contributed by atoms with van der Waals surface area (Å²) in [6.45, 7) is 0. The van der Waals surface area contributed by atoms with Gasteiger partial charge < -0.3 is 19.7 Å². The fourth-order valence-corrected chi connectivity index (χ4v) is 4.06. The zero-order chi connectivity index (χ0) is 22.6. The largest absolute Gasteiger partial charge is 0.504 e. The first-order chi connectivity index (χ1) is 15.3. The molecule has 3 N–H and O–H groups in total. The Kier molecular flexibility index (Phi) is 4.20. The lowest BCUT2D eigenvalue weighted by atomic mass is 9.88. The van der Waals surface area contributed by atoms with E-state index >= 15 is 0 Å². The van der Waals surface area contributed by atoms with Crippen molar-refractivity contribution in [3.63, 3.8) is 0 Å². The fraction of sp³-hybridized carbons (Fsp3) is 0. The highest BCUT2D eigenvalue weighted by atomic mass is 16.4. The Bertz CT molecular complexity index is 1610. The van der Waals surface area contributed by atoms with E-state index in [9.17, 15) is 29.7 Å². The molecule has 3 aromatic rings. The number of aromatic hydroxyl groups is 1. The van der Waals surface area contributed by atoms with Gasteiger partial charge in [-0.15, -0.1) is 0 Å². The lowest BCUT2D eigenvalue weighted by Gasteiger charge is -2.19. The molecule has 156 valence electrons. The molecule has 0 aromatic heterocycles. The predicted octanol–water partition coefficient (Wildman–Crippen LogP) is 4.82. The summed E-state index contributed by atoms with van der Waals surface area (Å²) in [6.07, 6.45) is 0. The van der Waals surface area contributed by atoms with Crippen LogP contribution in [0.1, 0.15) is 20.7 Å². The SMILES string of the molecule is O=C(O)c1ccc(-c2c3ccc(=O)cc-3oc3c(O)cc4ccccc4c23)c(C(=O)O)c1. The van der Waals surface area contributed by atoms with Crippen LogP contribution in [-0.2, 0) is 0 Å². The Morgan fingerprint density at radius 2 is 1.56 bits per heavy atom. The molecule has 1 heterocycles. The molecule has 0 amide bonds. The molecule has 1 aliphatic carbocycles. The van der Waals surface area contributed by atoms with Gasteiger partial charge in [-0.25, -0.2) is 9.59 Å². The molecule has 7 heteroatoms. The molecule has 2 aliphatic rings. The third-order valence-electron chi connectivity index (χ3n) is 5.43. The van der Waals surface area contributed by atoms with Gasteiger partial charge in [0.25, 0.3) is 0 Å². The fourth-order valence-electron chi connectivity index (χ4n) is 4.06. The molecule has 3 aromatic carbocycles. The average molecular weight is 426 g/mol. The van der Waals surface area contributed by atoms with Crippen LogP contribution in [0.3, 0.4) is 0 Å². The second kappa shape index (κ2) is 6.95. The predicted molar refractivity (Wildman–Crippen MR) is 118 cm³/mol. The van der Waals surface area contributed by atoms with E-state index in [4.69, 9.17) is 4.42 Å². The number of phenolic OH excluding ortho intramolecular Hbond substituents is 1. The monoisotopic (exact) mass is 426 g/mol. The molecule has 0 saturated carbocycles. The molecular formula is C25H14O7. The topological polar surface area (TPSA) is 125 Å². The van der Waals surface area contributed by atoms with Crippen molar-refractivity contribution in [1.29, 1.82) is 0 Å². The molecule has 0 spiro atoms. The van der Waals surface area contributed by atoms with Crippen LogP contribution < -0.4 is 5.43 Å². The van der Waals surface area contributed by atoms with Crippen LogP contribution in [0.5, 0.6) is 5.75 Å². The number of fused-ring (bicyclic) bond motifs is 4. The van der Waals surface area contributed by atoms with Gasteiger partial charge in [0.1, 0.15) is 5.76 Å². The summed E-state index contributed by atoms with van der Waals surface area (Å²) in [5, 5.41) is 31.8. The first-order valence-electron chi connectivity index (χ1n) is 9.57. The van der Waals surface area contributed by atoms with Gasteiger partial charge in [0.05, 0.1) is 11.1 Å². The number of carbonyl (C=O) groups is 2. The van der Waals surface area contributed by atoms with Crippen LogP contribution >= 0.6 is 0 Å². The minimum absolute atomic E-state index is 0.0930. The maximum absolute atomic E-state index is 12.1. The summed E-state index contributed by atoms with van der Waals surface area (Å²) < 4.78 is 5.90. The molecule has 0 atom stereocenters. The van der Waals surface area contributed by atoms with Crippen LogP contribution in [0.15, 0.2) is 75.9 Å². The minimum atomic E-state index is -1.31. The van der Waals surface area contributed by atoms with Crippen LogP contribution in [0.4, 0.5) is 0 Å². The van der Waals surface area contributed by atoms with Crippen molar-refractivity contribution in [2.45, 2.75) is 0 Å². The van der Waals surface area contributed by atoms with Crippen molar-refractivity contribution < 1.29 is 29.3 Å². The Morgan fingerprint density at radius 1 is 0.812 bits per heavy atom. The van der Waals surface area contributed by atoms with E-state index in [1.165, 1.54) is 36.4 Å². The highest BCUT2D eigenvalue weighted by Gasteiger charge is 2.25. The van der Waals surface area contributed by atoms with Gasteiger partial charge in [-0.3, -0.25) is 4.79 Å². The summed E-state index contributed by atoms with van der Waals surface area (Å²) in [7, 11) is 0. The average Bonchev–Trinajstić information content (AvgIpc) is 2.77. The molecule has 0 unspecified atom stereocenters. The molecule has 0 fully saturated rings. The van der Waals surface area contributed by atoms with Gasteiger partial charge in [0.2, 0.25) is 0 Å². The molecule has 1 aliphatic heterocycles. The smallest absolute Gasteiger partial charge is 0.336 e. The maximum Gasteiger partial charge on any atom is 0.336 e. The van der Waals surface area contributed by atoms with Crippen LogP contribution in [-0.4, -0.2) is 27.3 Å². The minimum Gasteiger partial charge on any atom is -0.504 e. The Balaban J connectivity index is 2.06. The van der Waals surface area contributed by atoms with Gasteiger partial charge in [-0.2, -0.15) is 0 Å². The van der Waals surface area contributed by atoms with Crippen LogP contribution in [0.25, 0.3) is 44.2 Å². The molecule has 32 heavy (non-hydrogen) atoms. The molecule has 7 nitrogen and oxygen atoms in total. The van der Waals surface area contributed by atoms with Gasteiger partial charge in [0, 0.05) is 22.6 Å². The van der Waals surface area contributed by atoms with E-state index in [0.717, 1.165) is 6.07 Å². The number of carboxylic acids is 2. The van der Waals surface area contributed by atoms with Crippen LogP contribution in [0.2, 0.25) is 0 Å². The van der Waals surface area contributed by atoms with Gasteiger partial charge in [-0.05, 0) is 46.7 Å². The summed E-state index contributed by atoms with van der Waals surface area (Å²) in [4.78, 5) is 35.5. The number of aromatic carboxylic acids is 2. The highest BCUT2D eigenvalue weighted by molar-refractivity contribution is 6.19. The molecule has 0 saturated heterocycles. The Hall–Kier alpha value is -4.65. The van der Waals surface area contributed by atoms with Crippen molar-refractivity contribution >= 4 is 33.7 Å². The summed E-state index contributed by atoms with van der Waals surface area (Å²) >= 11 is 0. The second-order valence-electron chi connectivity index (χ2n) is 7.33. The Morgan fingerprint density at radius 3 is 2.31 bits per heavy atom. The van der Waals surface area contributed by atoms with Gasteiger partial charge in [-0.1, -0.05) is 30.3 Å². The maximum atomic E-state index is 12.1. The lowest BCUT2D eigenvalue weighted by molar-refractivity contribution is 0.0696. The van der Waals surface area contributed by atoms with E-state index < -0.39 is 11.9 Å². The summed E-state index contributed by atoms with van der Waals surface area (Å²) in [5.41, 5.74) is 0.498. The first kappa shape index (κ1) is 19.3. The standard InChI is InChI=1S/C25H14O7/c26-14-6-8-17-20(11-14)32-23-19(27)10-12-3-1-2-4-15(12)22(23)21(17)16-7-5-13(24(28)29)9-18(16)25(30)31/h1-11,27H,(H,28,29)(H,30,31). The van der Waals surface area contributed by atoms with E-state index in [2.05, 4.69) is 0 Å². The van der Waals surface area contributed by atoms with Gasteiger partial charge >= 0.3 is 11.9 Å². The number of rotatable bonds is 3. The van der Waals surface area contributed by atoms with Gasteiger partial charge in [0.15, 0.2) is 16.8 Å². The van der Waals surface area contributed by atoms with E-state index in [0.29, 0.717) is 27.3 Å². The van der Waals surface area contributed by atoms with Crippen molar-refractivity contribution in [2.24, 2.45) is 0 Å². The molecular weight excluding hydrogens is 412 g/mol. The van der Waals surface area contributed by atoms with Crippen LogP contribution in [0, 0.1) is 0 Å². The Labute approximate surface area is 179 Å². The normalized spacial score (nSPS) is 11.2. The molecule has 0 bridgehead atoms. The first-order valence-corrected chi connectivity index (χ1v) is 9.57. The van der Waals surface area contributed by atoms with Crippen molar-refractivity contribution in [3.8, 4) is 28.2 Å². The van der Waals surface area contributed by atoms with Crippen molar-refractivity contribution in [3.05, 3.63) is 88.1 Å². The van der Waals surface area contributed by atoms with Crippen molar-refractivity contribution in [1.82, 2.24) is 0 Å². The number of hydrogen-bond acceptors (Lipinski definition) is 5. The number of benzene rings is 4. The van der Waals surface area contributed by atoms with E-state index in [-0.39, 0.29) is 39.2 Å². The highest BCUT2D eigenvalue weighted by Crippen LogP contribution is 2.46. The third kappa shape index (κ3) is 2.87. The number of hydrogen-bond donors (Lipinski definition) is 3. The summed E-state index contributed by atoms with van der Waals surface area (Å²) in [5.74, 6) is -2.56.